The maximum absolute atomic E-state index is 12.7. The molecule has 1 amide bonds. The second kappa shape index (κ2) is 10.3. The second-order valence-corrected chi connectivity index (χ2v) is 8.21. The van der Waals surface area contributed by atoms with E-state index in [2.05, 4.69) is 53.5 Å². The van der Waals surface area contributed by atoms with E-state index in [4.69, 9.17) is 0 Å². The van der Waals surface area contributed by atoms with Crippen LogP contribution in [0.1, 0.15) is 18.1 Å². The quantitative estimate of drug-likeness (QED) is 0.720. The van der Waals surface area contributed by atoms with Gasteiger partial charge in [-0.05, 0) is 18.1 Å². The van der Waals surface area contributed by atoms with Crippen LogP contribution in [0.15, 0.2) is 66.7 Å². The Labute approximate surface area is 167 Å². The highest BCUT2D eigenvalue weighted by Crippen LogP contribution is 2.20. The van der Waals surface area contributed by atoms with Crippen molar-refractivity contribution in [2.24, 2.45) is 0 Å². The van der Waals surface area contributed by atoms with Crippen molar-refractivity contribution in [1.82, 2.24) is 9.80 Å². The number of benzene rings is 2. The third-order valence-corrected chi connectivity index (χ3v) is 6.05. The second-order valence-electron chi connectivity index (χ2n) is 6.88. The number of carbonyl (C=O) groups excluding carboxylic acids is 1. The number of rotatable bonds is 7. The number of carbonyl (C=O) groups is 1. The smallest absolute Gasteiger partial charge is 0.235 e. The van der Waals surface area contributed by atoms with Crippen LogP contribution in [0.3, 0.4) is 0 Å². The van der Waals surface area contributed by atoms with Gasteiger partial charge in [-0.3, -0.25) is 9.69 Å². The molecule has 2 aromatic rings. The van der Waals surface area contributed by atoms with Crippen LogP contribution in [0.25, 0.3) is 6.08 Å². The van der Waals surface area contributed by atoms with Gasteiger partial charge in [-0.15, -0.1) is 11.8 Å². The van der Waals surface area contributed by atoms with Crippen molar-refractivity contribution in [3.63, 3.8) is 0 Å². The zero-order chi connectivity index (χ0) is 18.9. The third kappa shape index (κ3) is 6.26. The van der Waals surface area contributed by atoms with E-state index in [1.807, 2.05) is 36.1 Å². The van der Waals surface area contributed by atoms with Gasteiger partial charge in [-0.25, -0.2) is 0 Å². The Balaban J connectivity index is 1.39. The van der Waals surface area contributed by atoms with Gasteiger partial charge in [0.15, 0.2) is 0 Å². The molecule has 1 saturated heterocycles. The zero-order valence-corrected chi connectivity index (χ0v) is 16.8. The van der Waals surface area contributed by atoms with Gasteiger partial charge in [0.05, 0.1) is 5.25 Å². The van der Waals surface area contributed by atoms with Gasteiger partial charge in [0.25, 0.3) is 0 Å². The van der Waals surface area contributed by atoms with Crippen LogP contribution in [0.5, 0.6) is 0 Å². The van der Waals surface area contributed by atoms with E-state index in [9.17, 15) is 4.79 Å². The molecular weight excluding hydrogens is 352 g/mol. The molecule has 0 saturated carbocycles. The lowest BCUT2D eigenvalue weighted by Gasteiger charge is -2.35. The topological polar surface area (TPSA) is 23.6 Å². The van der Waals surface area contributed by atoms with E-state index in [-0.39, 0.29) is 11.2 Å². The Morgan fingerprint density at radius 1 is 1.00 bits per heavy atom. The third-order valence-electron chi connectivity index (χ3n) is 4.85. The summed E-state index contributed by atoms with van der Waals surface area (Å²) in [6.07, 6.45) is 4.38. The van der Waals surface area contributed by atoms with E-state index in [1.54, 1.807) is 11.8 Å². The molecule has 4 heteroatoms. The molecule has 27 heavy (non-hydrogen) atoms. The molecule has 2 aromatic carbocycles. The minimum absolute atomic E-state index is 0.00901. The highest BCUT2D eigenvalue weighted by atomic mass is 32.2. The summed E-state index contributed by atoms with van der Waals surface area (Å²) < 4.78 is 0. The summed E-state index contributed by atoms with van der Waals surface area (Å²) in [5, 5.41) is 0.00901. The molecule has 3 rings (SSSR count). The fourth-order valence-corrected chi connectivity index (χ4v) is 4.10. The summed E-state index contributed by atoms with van der Waals surface area (Å²) in [5.41, 5.74) is 2.51. The number of thioether (sulfide) groups is 1. The first-order valence-electron chi connectivity index (χ1n) is 9.60. The maximum atomic E-state index is 12.7. The predicted molar refractivity (Wildman–Crippen MR) is 116 cm³/mol. The Kier molecular flexibility index (Phi) is 7.55. The number of piperazine rings is 1. The number of hydrogen-bond acceptors (Lipinski definition) is 3. The Bertz CT molecular complexity index is 725. The average molecular weight is 381 g/mol. The highest BCUT2D eigenvalue weighted by molar-refractivity contribution is 7.99. The van der Waals surface area contributed by atoms with Crippen molar-refractivity contribution in [1.29, 1.82) is 0 Å². The number of amides is 1. The Hall–Kier alpha value is -2.04. The first kappa shape index (κ1) is 19.7. The van der Waals surface area contributed by atoms with E-state index < -0.39 is 0 Å². The molecule has 0 N–H and O–H groups in total. The van der Waals surface area contributed by atoms with Gasteiger partial charge >= 0.3 is 0 Å². The summed E-state index contributed by atoms with van der Waals surface area (Å²) in [5.74, 6) is 1.16. The van der Waals surface area contributed by atoms with E-state index in [0.717, 1.165) is 38.5 Å². The summed E-state index contributed by atoms with van der Waals surface area (Å²) in [6, 6.07) is 20.7. The first-order valence-corrected chi connectivity index (χ1v) is 10.7. The van der Waals surface area contributed by atoms with Gasteiger partial charge < -0.3 is 4.90 Å². The zero-order valence-electron chi connectivity index (χ0n) is 16.0. The van der Waals surface area contributed by atoms with Crippen LogP contribution in [-0.4, -0.2) is 53.7 Å². The predicted octanol–water partition coefficient (Wildman–Crippen LogP) is 4.17. The van der Waals surface area contributed by atoms with Gasteiger partial charge in [-0.1, -0.05) is 72.8 Å². The SMILES string of the molecule is C[C@H](SCc1ccccc1)C(=O)N1CCN(C/C=C/c2ccccc2)CC1. The molecule has 0 aliphatic carbocycles. The van der Waals surface area contributed by atoms with Gasteiger partial charge in [-0.2, -0.15) is 0 Å². The van der Waals surface area contributed by atoms with E-state index in [1.165, 1.54) is 11.1 Å². The first-order chi connectivity index (χ1) is 13.2. The number of hydrogen-bond donors (Lipinski definition) is 0. The van der Waals surface area contributed by atoms with Crippen LogP contribution in [0.4, 0.5) is 0 Å². The van der Waals surface area contributed by atoms with Crippen molar-refractivity contribution in [3.05, 3.63) is 77.9 Å². The van der Waals surface area contributed by atoms with Crippen LogP contribution >= 0.6 is 11.8 Å². The van der Waals surface area contributed by atoms with Gasteiger partial charge in [0.1, 0.15) is 0 Å². The Morgan fingerprint density at radius 2 is 1.63 bits per heavy atom. The van der Waals surface area contributed by atoms with Crippen molar-refractivity contribution in [3.8, 4) is 0 Å². The summed E-state index contributed by atoms with van der Waals surface area (Å²) in [4.78, 5) is 17.1. The fourth-order valence-electron chi connectivity index (χ4n) is 3.18. The molecule has 1 heterocycles. The minimum Gasteiger partial charge on any atom is -0.339 e. The van der Waals surface area contributed by atoms with Gasteiger partial charge in [0, 0.05) is 38.5 Å². The largest absolute Gasteiger partial charge is 0.339 e. The molecule has 3 nitrogen and oxygen atoms in total. The lowest BCUT2D eigenvalue weighted by atomic mass is 10.2. The molecule has 142 valence electrons. The van der Waals surface area contributed by atoms with Crippen molar-refractivity contribution in [2.75, 3.05) is 32.7 Å². The highest BCUT2D eigenvalue weighted by Gasteiger charge is 2.24. The number of nitrogens with zero attached hydrogens (tertiary/aromatic N) is 2. The molecule has 1 atom stereocenters. The van der Waals surface area contributed by atoms with Crippen LogP contribution in [-0.2, 0) is 10.5 Å². The molecule has 0 radical (unpaired) electrons. The summed E-state index contributed by atoms with van der Waals surface area (Å²) >= 11 is 1.73. The van der Waals surface area contributed by atoms with Crippen molar-refractivity contribution >= 4 is 23.7 Å². The van der Waals surface area contributed by atoms with Crippen LogP contribution in [0, 0.1) is 0 Å². The molecular formula is C23H28N2OS. The standard InChI is InChI=1S/C23H28N2OS/c1-20(27-19-22-11-6-3-7-12-22)23(26)25-17-15-24(16-18-25)14-8-13-21-9-4-2-5-10-21/h2-13,20H,14-19H2,1H3/b13-8+/t20-/m0/s1. The van der Waals surface area contributed by atoms with Crippen LogP contribution < -0.4 is 0 Å². The molecule has 0 bridgehead atoms. The molecule has 1 aliphatic rings. The average Bonchev–Trinajstić information content (AvgIpc) is 2.73. The van der Waals surface area contributed by atoms with Crippen LogP contribution in [0.2, 0.25) is 0 Å². The van der Waals surface area contributed by atoms with E-state index in [0.29, 0.717) is 0 Å². The monoisotopic (exact) mass is 380 g/mol. The maximum Gasteiger partial charge on any atom is 0.235 e. The van der Waals surface area contributed by atoms with Gasteiger partial charge in [0.2, 0.25) is 5.91 Å². The Morgan fingerprint density at radius 3 is 2.30 bits per heavy atom. The summed E-state index contributed by atoms with van der Waals surface area (Å²) in [7, 11) is 0. The molecule has 1 aliphatic heterocycles. The fraction of sp³-hybridized carbons (Fsp3) is 0.348. The van der Waals surface area contributed by atoms with Crippen molar-refractivity contribution < 1.29 is 4.79 Å². The van der Waals surface area contributed by atoms with E-state index >= 15 is 0 Å². The lowest BCUT2D eigenvalue weighted by Crippen LogP contribution is -2.50. The molecule has 1 fully saturated rings. The summed E-state index contributed by atoms with van der Waals surface area (Å²) in [6.45, 7) is 6.52. The molecule has 0 unspecified atom stereocenters. The van der Waals surface area contributed by atoms with Crippen molar-refractivity contribution in [2.45, 2.75) is 17.9 Å². The lowest BCUT2D eigenvalue weighted by molar-refractivity contribution is -0.131. The normalized spacial score (nSPS) is 16.6. The minimum atomic E-state index is 0.00901. The molecule has 0 aromatic heterocycles. The molecule has 0 spiro atoms.